The molecule has 0 N–H and O–H groups in total. The predicted molar refractivity (Wildman–Crippen MR) is 118 cm³/mol. The summed E-state index contributed by atoms with van der Waals surface area (Å²) in [6, 6.07) is 20.5. The summed E-state index contributed by atoms with van der Waals surface area (Å²) in [5.74, 6) is 0. The number of aromatic nitrogens is 1. The standard InChI is InChI=1S/C24H24Cl2N2O/c25-21-12-19(13-22(26)14-21)17-29-23-9-5-11-28(16-18-6-4-10-27-15-18)24(23)20-7-2-1-3-8-20/h1-4,6-8,10,12-15,23-24H,5,9,11,16-17H2/t23-,24-/m0/s1. The third-order valence-electron chi connectivity index (χ3n) is 5.32. The van der Waals surface area contributed by atoms with Gasteiger partial charge in [-0.25, -0.2) is 0 Å². The second kappa shape index (κ2) is 9.73. The molecule has 3 nitrogen and oxygen atoms in total. The maximum atomic E-state index is 6.44. The van der Waals surface area contributed by atoms with Crippen LogP contribution in [0.2, 0.25) is 10.0 Å². The minimum absolute atomic E-state index is 0.0978. The first-order valence-corrected chi connectivity index (χ1v) is 10.7. The molecule has 0 radical (unpaired) electrons. The van der Waals surface area contributed by atoms with Crippen molar-refractivity contribution in [3.05, 3.63) is 99.8 Å². The molecular formula is C24H24Cl2N2O. The van der Waals surface area contributed by atoms with Crippen molar-refractivity contribution in [3.8, 4) is 0 Å². The van der Waals surface area contributed by atoms with Gasteiger partial charge in [-0.3, -0.25) is 9.88 Å². The Bertz CT molecular complexity index is 900. The van der Waals surface area contributed by atoms with E-state index in [9.17, 15) is 0 Å². The summed E-state index contributed by atoms with van der Waals surface area (Å²) in [5.41, 5.74) is 3.50. The first kappa shape index (κ1) is 20.4. The van der Waals surface area contributed by atoms with Crippen molar-refractivity contribution in [2.24, 2.45) is 0 Å². The molecule has 1 aliphatic rings. The number of halogens is 2. The van der Waals surface area contributed by atoms with E-state index in [1.807, 2.05) is 30.6 Å². The highest BCUT2D eigenvalue weighted by Gasteiger charge is 2.33. The summed E-state index contributed by atoms with van der Waals surface area (Å²) in [7, 11) is 0. The zero-order valence-electron chi connectivity index (χ0n) is 16.2. The second-order valence-corrected chi connectivity index (χ2v) is 8.33. The van der Waals surface area contributed by atoms with Gasteiger partial charge in [0.2, 0.25) is 0 Å². The van der Waals surface area contributed by atoms with Gasteiger partial charge >= 0.3 is 0 Å². The fourth-order valence-corrected chi connectivity index (χ4v) is 4.65. The van der Waals surface area contributed by atoms with Gasteiger partial charge in [0.1, 0.15) is 0 Å². The lowest BCUT2D eigenvalue weighted by Gasteiger charge is -2.41. The van der Waals surface area contributed by atoms with Crippen LogP contribution in [-0.2, 0) is 17.9 Å². The quantitative estimate of drug-likeness (QED) is 0.461. The van der Waals surface area contributed by atoms with Crippen LogP contribution in [0.25, 0.3) is 0 Å². The van der Waals surface area contributed by atoms with Crippen LogP contribution in [0.1, 0.15) is 35.6 Å². The van der Waals surface area contributed by atoms with Crippen LogP contribution < -0.4 is 0 Å². The Morgan fingerprint density at radius 2 is 1.76 bits per heavy atom. The van der Waals surface area contributed by atoms with E-state index < -0.39 is 0 Å². The monoisotopic (exact) mass is 426 g/mol. The van der Waals surface area contributed by atoms with E-state index in [2.05, 4.69) is 46.3 Å². The van der Waals surface area contributed by atoms with Crippen molar-refractivity contribution in [2.75, 3.05) is 6.54 Å². The summed E-state index contributed by atoms with van der Waals surface area (Å²) in [6.45, 7) is 2.39. The Kier molecular flexibility index (Phi) is 6.83. The van der Waals surface area contributed by atoms with Crippen molar-refractivity contribution >= 4 is 23.2 Å². The maximum Gasteiger partial charge on any atom is 0.0777 e. The molecule has 2 atom stereocenters. The number of ether oxygens (including phenoxy) is 1. The number of likely N-dealkylation sites (tertiary alicyclic amines) is 1. The van der Waals surface area contributed by atoms with Crippen molar-refractivity contribution in [1.29, 1.82) is 0 Å². The third kappa shape index (κ3) is 5.37. The number of nitrogens with zero attached hydrogens (tertiary/aromatic N) is 2. The zero-order valence-corrected chi connectivity index (χ0v) is 17.7. The van der Waals surface area contributed by atoms with Crippen LogP contribution in [0.5, 0.6) is 0 Å². The summed E-state index contributed by atoms with van der Waals surface area (Å²) in [5, 5.41) is 1.27. The molecular weight excluding hydrogens is 403 g/mol. The lowest BCUT2D eigenvalue weighted by Crippen LogP contribution is -2.42. The molecule has 1 fully saturated rings. The molecule has 1 saturated heterocycles. The molecule has 1 aromatic heterocycles. The number of piperidine rings is 1. The highest BCUT2D eigenvalue weighted by Crippen LogP contribution is 2.35. The lowest BCUT2D eigenvalue weighted by atomic mass is 9.91. The van der Waals surface area contributed by atoms with Crippen molar-refractivity contribution < 1.29 is 4.74 Å². The van der Waals surface area contributed by atoms with Gasteiger partial charge in [0.05, 0.1) is 18.8 Å². The van der Waals surface area contributed by atoms with Crippen molar-refractivity contribution in [3.63, 3.8) is 0 Å². The maximum absolute atomic E-state index is 6.44. The van der Waals surface area contributed by atoms with Crippen LogP contribution in [0.3, 0.4) is 0 Å². The fourth-order valence-electron chi connectivity index (χ4n) is 4.08. The van der Waals surface area contributed by atoms with Gasteiger partial charge in [-0.15, -0.1) is 0 Å². The molecule has 0 spiro atoms. The molecule has 3 aromatic rings. The minimum Gasteiger partial charge on any atom is -0.372 e. The van der Waals surface area contributed by atoms with Gasteiger partial charge in [0.25, 0.3) is 0 Å². The Balaban J connectivity index is 1.55. The normalized spacial score (nSPS) is 19.9. The lowest BCUT2D eigenvalue weighted by molar-refractivity contribution is -0.0553. The molecule has 2 heterocycles. The average molecular weight is 427 g/mol. The first-order chi connectivity index (χ1) is 14.2. The zero-order chi connectivity index (χ0) is 20.1. The van der Waals surface area contributed by atoms with Crippen LogP contribution in [0, 0.1) is 0 Å². The average Bonchev–Trinajstić information content (AvgIpc) is 2.73. The highest BCUT2D eigenvalue weighted by atomic mass is 35.5. The molecule has 1 aliphatic heterocycles. The molecule has 0 saturated carbocycles. The molecule has 0 bridgehead atoms. The Hall–Kier alpha value is -1.91. The molecule has 29 heavy (non-hydrogen) atoms. The van der Waals surface area contributed by atoms with E-state index in [0.717, 1.165) is 31.5 Å². The van der Waals surface area contributed by atoms with Gasteiger partial charge in [-0.1, -0.05) is 59.6 Å². The number of hydrogen-bond acceptors (Lipinski definition) is 3. The van der Waals surface area contributed by atoms with Gasteiger partial charge in [-0.2, -0.15) is 0 Å². The molecule has 0 amide bonds. The Labute approximate surface area is 182 Å². The summed E-state index contributed by atoms with van der Waals surface area (Å²) >= 11 is 12.3. The van der Waals surface area contributed by atoms with E-state index in [1.54, 1.807) is 6.07 Å². The van der Waals surface area contributed by atoms with Crippen LogP contribution in [0.15, 0.2) is 73.1 Å². The van der Waals surface area contributed by atoms with E-state index in [4.69, 9.17) is 27.9 Å². The smallest absolute Gasteiger partial charge is 0.0777 e. The molecule has 2 aromatic carbocycles. The molecule has 5 heteroatoms. The highest BCUT2D eigenvalue weighted by molar-refractivity contribution is 6.34. The molecule has 150 valence electrons. The minimum atomic E-state index is 0.0978. The largest absolute Gasteiger partial charge is 0.372 e. The van der Waals surface area contributed by atoms with Crippen molar-refractivity contribution in [2.45, 2.75) is 38.1 Å². The summed E-state index contributed by atoms with van der Waals surface area (Å²) in [4.78, 5) is 6.78. The number of pyridine rings is 1. The fraction of sp³-hybridized carbons (Fsp3) is 0.292. The Morgan fingerprint density at radius 3 is 2.48 bits per heavy atom. The van der Waals surface area contributed by atoms with Gasteiger partial charge in [-0.05, 0) is 60.3 Å². The second-order valence-electron chi connectivity index (χ2n) is 7.46. The Morgan fingerprint density at radius 1 is 0.966 bits per heavy atom. The summed E-state index contributed by atoms with van der Waals surface area (Å²) in [6.07, 6.45) is 5.99. The SMILES string of the molecule is Clc1cc(Cl)cc(CO[C@H]2CCCN(Cc3cccnc3)[C@H]2c2ccccc2)c1. The van der Waals surface area contributed by atoms with E-state index in [-0.39, 0.29) is 12.1 Å². The van der Waals surface area contributed by atoms with E-state index in [0.29, 0.717) is 16.7 Å². The molecule has 0 aliphatic carbocycles. The van der Waals surface area contributed by atoms with E-state index in [1.165, 1.54) is 11.1 Å². The topological polar surface area (TPSA) is 25.4 Å². The molecule has 4 rings (SSSR count). The number of benzene rings is 2. The summed E-state index contributed by atoms with van der Waals surface area (Å²) < 4.78 is 6.44. The predicted octanol–water partition coefficient (Wildman–Crippen LogP) is 6.31. The van der Waals surface area contributed by atoms with Crippen LogP contribution in [-0.4, -0.2) is 22.5 Å². The first-order valence-electron chi connectivity index (χ1n) is 9.93. The number of rotatable bonds is 6. The van der Waals surface area contributed by atoms with Crippen LogP contribution in [0.4, 0.5) is 0 Å². The number of hydrogen-bond donors (Lipinski definition) is 0. The third-order valence-corrected chi connectivity index (χ3v) is 5.75. The van der Waals surface area contributed by atoms with Crippen molar-refractivity contribution in [1.82, 2.24) is 9.88 Å². The molecule has 0 unspecified atom stereocenters. The van der Waals surface area contributed by atoms with Crippen LogP contribution >= 0.6 is 23.2 Å². The van der Waals surface area contributed by atoms with E-state index >= 15 is 0 Å². The van der Waals surface area contributed by atoms with Gasteiger partial charge in [0, 0.05) is 29.0 Å². The van der Waals surface area contributed by atoms with Gasteiger partial charge in [0.15, 0.2) is 0 Å². The van der Waals surface area contributed by atoms with Gasteiger partial charge < -0.3 is 4.74 Å².